The van der Waals surface area contributed by atoms with E-state index in [0.29, 0.717) is 11.3 Å². The van der Waals surface area contributed by atoms with E-state index in [1.54, 1.807) is 30.3 Å². The van der Waals surface area contributed by atoms with Gasteiger partial charge in [0.05, 0.1) is 10.1 Å². The predicted octanol–water partition coefficient (Wildman–Crippen LogP) is 2.03. The molecular formula is C15H17NO2S. The van der Waals surface area contributed by atoms with Crippen LogP contribution in [0.4, 0.5) is 0 Å². The van der Waals surface area contributed by atoms with Gasteiger partial charge in [0.15, 0.2) is 9.84 Å². The van der Waals surface area contributed by atoms with Crippen LogP contribution in [0.25, 0.3) is 0 Å². The second kappa shape index (κ2) is 5.99. The molecule has 0 heterocycles. The minimum Gasteiger partial charge on any atom is -0.329 e. The minimum absolute atomic E-state index is 0.117. The summed E-state index contributed by atoms with van der Waals surface area (Å²) < 4.78 is 25.0. The Morgan fingerprint density at radius 1 is 0.895 bits per heavy atom. The van der Waals surface area contributed by atoms with Gasteiger partial charge in [-0.15, -0.1) is 0 Å². The maximum atomic E-state index is 12.5. The van der Waals surface area contributed by atoms with Crippen molar-refractivity contribution in [3.63, 3.8) is 0 Å². The zero-order valence-corrected chi connectivity index (χ0v) is 11.4. The van der Waals surface area contributed by atoms with Gasteiger partial charge in [0.2, 0.25) is 0 Å². The molecule has 4 heteroatoms. The quantitative estimate of drug-likeness (QED) is 0.908. The van der Waals surface area contributed by atoms with E-state index in [1.807, 2.05) is 30.3 Å². The summed E-state index contributed by atoms with van der Waals surface area (Å²) in [7, 11) is -3.37. The average Bonchev–Trinajstić information content (AvgIpc) is 2.46. The van der Waals surface area contributed by atoms with E-state index in [-0.39, 0.29) is 6.54 Å². The Labute approximate surface area is 114 Å². The summed E-state index contributed by atoms with van der Waals surface area (Å²) in [6.07, 6.45) is 0.439. The number of hydrogen-bond donors (Lipinski definition) is 1. The van der Waals surface area contributed by atoms with Crippen LogP contribution in [0.15, 0.2) is 65.6 Å². The van der Waals surface area contributed by atoms with Crippen LogP contribution < -0.4 is 5.73 Å². The first-order valence-electron chi connectivity index (χ1n) is 6.17. The van der Waals surface area contributed by atoms with Crippen molar-refractivity contribution in [2.24, 2.45) is 5.73 Å². The van der Waals surface area contributed by atoms with Gasteiger partial charge in [-0.2, -0.15) is 0 Å². The fraction of sp³-hybridized carbons (Fsp3) is 0.200. The van der Waals surface area contributed by atoms with Gasteiger partial charge in [-0.05, 0) is 24.1 Å². The number of benzene rings is 2. The smallest absolute Gasteiger partial charge is 0.182 e. The van der Waals surface area contributed by atoms with Gasteiger partial charge in [-0.3, -0.25) is 0 Å². The summed E-state index contributed by atoms with van der Waals surface area (Å²) in [4.78, 5) is 0.335. The van der Waals surface area contributed by atoms with E-state index in [4.69, 9.17) is 5.73 Å². The van der Waals surface area contributed by atoms with Crippen LogP contribution in [0.2, 0.25) is 0 Å². The van der Waals surface area contributed by atoms with Crippen molar-refractivity contribution in [1.29, 1.82) is 0 Å². The molecule has 0 aliphatic carbocycles. The van der Waals surface area contributed by atoms with Crippen molar-refractivity contribution in [3.05, 3.63) is 66.2 Å². The molecule has 2 aromatic carbocycles. The minimum atomic E-state index is -3.37. The number of rotatable bonds is 5. The Hall–Kier alpha value is -1.65. The monoisotopic (exact) mass is 275 g/mol. The van der Waals surface area contributed by atoms with Crippen LogP contribution in [-0.2, 0) is 16.3 Å². The molecule has 100 valence electrons. The van der Waals surface area contributed by atoms with Gasteiger partial charge >= 0.3 is 0 Å². The van der Waals surface area contributed by atoms with Gasteiger partial charge in [0.25, 0.3) is 0 Å². The molecule has 2 rings (SSSR count). The lowest BCUT2D eigenvalue weighted by Gasteiger charge is -2.16. The van der Waals surface area contributed by atoms with Crippen LogP contribution >= 0.6 is 0 Å². The second-order valence-corrected chi connectivity index (χ2v) is 6.63. The maximum absolute atomic E-state index is 12.5. The van der Waals surface area contributed by atoms with Gasteiger partial charge in [0.1, 0.15) is 0 Å². The van der Waals surface area contributed by atoms with Crippen molar-refractivity contribution in [1.82, 2.24) is 0 Å². The van der Waals surface area contributed by atoms with Gasteiger partial charge in [-0.25, -0.2) is 8.42 Å². The first kappa shape index (κ1) is 13.8. The Bertz CT molecular complexity index is 609. The molecular weight excluding hydrogens is 258 g/mol. The highest BCUT2D eigenvalue weighted by molar-refractivity contribution is 7.92. The molecule has 2 N–H and O–H groups in total. The van der Waals surface area contributed by atoms with E-state index >= 15 is 0 Å². The standard InChI is InChI=1S/C15H17NO2S/c16-12-15(11-13-7-3-1-4-8-13)19(17,18)14-9-5-2-6-10-14/h1-10,15H,11-12,16H2. The lowest BCUT2D eigenvalue weighted by atomic mass is 10.1. The topological polar surface area (TPSA) is 60.2 Å². The van der Waals surface area contributed by atoms with E-state index in [9.17, 15) is 8.42 Å². The molecule has 0 bridgehead atoms. The molecule has 0 saturated carbocycles. The summed E-state index contributed by atoms with van der Waals surface area (Å²) in [6.45, 7) is 0.117. The molecule has 3 nitrogen and oxygen atoms in total. The average molecular weight is 275 g/mol. The largest absolute Gasteiger partial charge is 0.329 e. The second-order valence-electron chi connectivity index (χ2n) is 4.41. The zero-order chi connectivity index (χ0) is 13.7. The van der Waals surface area contributed by atoms with Crippen LogP contribution in [0.5, 0.6) is 0 Å². The molecule has 0 spiro atoms. The van der Waals surface area contributed by atoms with Gasteiger partial charge in [0, 0.05) is 6.54 Å². The van der Waals surface area contributed by atoms with Crippen LogP contribution in [-0.4, -0.2) is 20.2 Å². The van der Waals surface area contributed by atoms with E-state index in [1.165, 1.54) is 0 Å². The lowest BCUT2D eigenvalue weighted by Crippen LogP contribution is -2.31. The van der Waals surface area contributed by atoms with E-state index in [0.717, 1.165) is 5.56 Å². The van der Waals surface area contributed by atoms with Crippen LogP contribution in [0, 0.1) is 0 Å². The highest BCUT2D eigenvalue weighted by Crippen LogP contribution is 2.18. The molecule has 0 radical (unpaired) electrons. The molecule has 0 aromatic heterocycles. The maximum Gasteiger partial charge on any atom is 0.182 e. The van der Waals surface area contributed by atoms with Crippen molar-refractivity contribution in [3.8, 4) is 0 Å². The Balaban J connectivity index is 2.27. The third-order valence-electron chi connectivity index (χ3n) is 3.08. The van der Waals surface area contributed by atoms with E-state index < -0.39 is 15.1 Å². The molecule has 19 heavy (non-hydrogen) atoms. The fourth-order valence-electron chi connectivity index (χ4n) is 2.00. The summed E-state index contributed by atoms with van der Waals surface area (Å²) in [5, 5.41) is -0.586. The van der Waals surface area contributed by atoms with Gasteiger partial charge < -0.3 is 5.73 Å². The summed E-state index contributed by atoms with van der Waals surface area (Å²) in [6, 6.07) is 18.0. The highest BCUT2D eigenvalue weighted by atomic mass is 32.2. The fourth-order valence-corrected chi connectivity index (χ4v) is 3.59. The number of sulfone groups is 1. The molecule has 1 unspecified atom stereocenters. The molecule has 0 aliphatic heterocycles. The number of nitrogens with two attached hydrogens (primary N) is 1. The first-order valence-corrected chi connectivity index (χ1v) is 7.72. The lowest BCUT2D eigenvalue weighted by molar-refractivity contribution is 0.578. The third-order valence-corrected chi connectivity index (χ3v) is 5.25. The Morgan fingerprint density at radius 3 is 1.95 bits per heavy atom. The predicted molar refractivity (Wildman–Crippen MR) is 76.6 cm³/mol. The zero-order valence-electron chi connectivity index (χ0n) is 10.6. The first-order chi connectivity index (χ1) is 9.14. The summed E-state index contributed by atoms with van der Waals surface area (Å²) in [5.74, 6) is 0. The van der Waals surface area contributed by atoms with Crippen molar-refractivity contribution in [2.45, 2.75) is 16.6 Å². The third kappa shape index (κ3) is 3.22. The summed E-state index contributed by atoms with van der Waals surface area (Å²) in [5.41, 5.74) is 6.65. The van der Waals surface area contributed by atoms with Crippen LogP contribution in [0.1, 0.15) is 5.56 Å². The normalized spacial score (nSPS) is 13.1. The molecule has 2 aromatic rings. The van der Waals surface area contributed by atoms with Crippen molar-refractivity contribution in [2.75, 3.05) is 6.54 Å². The SMILES string of the molecule is NCC(Cc1ccccc1)S(=O)(=O)c1ccccc1. The molecule has 0 amide bonds. The van der Waals surface area contributed by atoms with Crippen LogP contribution in [0.3, 0.4) is 0 Å². The Kier molecular flexibility index (Phi) is 4.35. The molecule has 0 fully saturated rings. The molecule has 0 aliphatic rings. The highest BCUT2D eigenvalue weighted by Gasteiger charge is 2.26. The summed E-state index contributed by atoms with van der Waals surface area (Å²) >= 11 is 0. The molecule has 1 atom stereocenters. The number of hydrogen-bond acceptors (Lipinski definition) is 3. The van der Waals surface area contributed by atoms with Crippen molar-refractivity contribution < 1.29 is 8.42 Å². The molecule has 0 saturated heterocycles. The van der Waals surface area contributed by atoms with Gasteiger partial charge in [-0.1, -0.05) is 48.5 Å². The van der Waals surface area contributed by atoms with Crippen molar-refractivity contribution >= 4 is 9.84 Å². The van der Waals surface area contributed by atoms with E-state index in [2.05, 4.69) is 0 Å². The Morgan fingerprint density at radius 2 is 1.42 bits per heavy atom.